The molecule has 0 aromatic heterocycles. The third kappa shape index (κ3) is 4.19. The van der Waals surface area contributed by atoms with Crippen molar-refractivity contribution in [3.8, 4) is 6.07 Å². The van der Waals surface area contributed by atoms with Crippen molar-refractivity contribution in [3.63, 3.8) is 0 Å². The maximum Gasteiger partial charge on any atom is 0.143 e. The van der Waals surface area contributed by atoms with E-state index in [0.29, 0.717) is 0 Å². The lowest BCUT2D eigenvalue weighted by Gasteiger charge is -2.31. The standard InChI is InChI=1S/C7H12N4O.C2H6/c8-4-7-11(9-12)10-5-2-1-3-6-10;1-2/h1-3,5-7H2;1-2H3. The molecule has 0 amide bonds. The van der Waals surface area contributed by atoms with Gasteiger partial charge in [-0.3, -0.25) is 0 Å². The number of nitroso groups, excluding NO2 is 1. The summed E-state index contributed by atoms with van der Waals surface area (Å²) < 4.78 is 0. The minimum Gasteiger partial charge on any atom is -0.201 e. The Morgan fingerprint density at radius 1 is 1.36 bits per heavy atom. The number of piperidine rings is 1. The quantitative estimate of drug-likeness (QED) is 0.395. The molecule has 1 aliphatic heterocycles. The van der Waals surface area contributed by atoms with Crippen molar-refractivity contribution in [1.29, 1.82) is 5.26 Å². The smallest absolute Gasteiger partial charge is 0.143 e. The summed E-state index contributed by atoms with van der Waals surface area (Å²) in [5.41, 5.74) is 0. The summed E-state index contributed by atoms with van der Waals surface area (Å²) in [5.74, 6) is 0. The maximum atomic E-state index is 10.3. The minimum absolute atomic E-state index is 0.0590. The van der Waals surface area contributed by atoms with E-state index in [9.17, 15) is 4.91 Å². The number of hydrazine groups is 1. The van der Waals surface area contributed by atoms with E-state index in [1.54, 1.807) is 0 Å². The highest BCUT2D eigenvalue weighted by atomic mass is 16.3. The molecule has 0 radical (unpaired) electrons. The Morgan fingerprint density at radius 3 is 2.36 bits per heavy atom. The van der Waals surface area contributed by atoms with Crippen LogP contribution >= 0.6 is 0 Å². The molecule has 1 rings (SSSR count). The molecule has 1 saturated heterocycles. The first-order valence-corrected chi connectivity index (χ1v) is 5.11. The fourth-order valence-corrected chi connectivity index (χ4v) is 1.35. The molecule has 0 spiro atoms. The Morgan fingerprint density at radius 2 is 1.93 bits per heavy atom. The Bertz CT molecular complexity index is 184. The van der Waals surface area contributed by atoms with Gasteiger partial charge in [-0.05, 0) is 12.8 Å². The number of hydrogen-bond acceptors (Lipinski definition) is 4. The van der Waals surface area contributed by atoms with Gasteiger partial charge in [0.2, 0.25) is 0 Å². The molecule has 0 unspecified atom stereocenters. The first-order valence-electron chi connectivity index (χ1n) is 5.11. The van der Waals surface area contributed by atoms with Crippen molar-refractivity contribution in [3.05, 3.63) is 4.91 Å². The van der Waals surface area contributed by atoms with Crippen LogP contribution in [0.5, 0.6) is 0 Å². The van der Waals surface area contributed by atoms with Crippen LogP contribution in [0.15, 0.2) is 5.29 Å². The average molecular weight is 198 g/mol. The molecule has 0 N–H and O–H groups in total. The number of nitriles is 1. The fourth-order valence-electron chi connectivity index (χ4n) is 1.35. The molecule has 0 aliphatic carbocycles. The minimum atomic E-state index is 0.0590. The summed E-state index contributed by atoms with van der Waals surface area (Å²) >= 11 is 0. The van der Waals surface area contributed by atoms with Crippen LogP contribution in [0, 0.1) is 16.2 Å². The second-order valence-electron chi connectivity index (χ2n) is 2.78. The highest BCUT2D eigenvalue weighted by Gasteiger charge is 2.16. The zero-order chi connectivity index (χ0) is 10.8. The summed E-state index contributed by atoms with van der Waals surface area (Å²) in [6, 6.07) is 1.91. The molecule has 1 fully saturated rings. The first kappa shape index (κ1) is 12.8. The van der Waals surface area contributed by atoms with Gasteiger partial charge in [0.15, 0.2) is 0 Å². The van der Waals surface area contributed by atoms with Crippen LogP contribution in [-0.2, 0) is 0 Å². The summed E-state index contributed by atoms with van der Waals surface area (Å²) in [4.78, 5) is 10.3. The molecule has 1 aliphatic rings. The van der Waals surface area contributed by atoms with E-state index in [-0.39, 0.29) is 6.54 Å². The molecule has 5 heteroatoms. The molecule has 5 nitrogen and oxygen atoms in total. The molecule has 0 saturated carbocycles. The first-order chi connectivity index (χ1) is 6.88. The van der Waals surface area contributed by atoms with Crippen LogP contribution < -0.4 is 0 Å². The van der Waals surface area contributed by atoms with Gasteiger partial charge >= 0.3 is 0 Å². The second kappa shape index (κ2) is 8.45. The molecule has 0 aromatic rings. The maximum absolute atomic E-state index is 10.3. The zero-order valence-electron chi connectivity index (χ0n) is 8.94. The van der Waals surface area contributed by atoms with Crippen LogP contribution in [0.25, 0.3) is 0 Å². The van der Waals surface area contributed by atoms with Crippen molar-refractivity contribution in [1.82, 2.24) is 10.1 Å². The normalized spacial score (nSPS) is 16.1. The molecule has 1 heterocycles. The van der Waals surface area contributed by atoms with Crippen molar-refractivity contribution in [2.45, 2.75) is 33.1 Å². The number of hydrogen-bond donors (Lipinski definition) is 0. The Balaban J connectivity index is 0.000000791. The van der Waals surface area contributed by atoms with E-state index in [1.807, 2.05) is 24.9 Å². The lowest BCUT2D eigenvalue weighted by Crippen LogP contribution is -2.42. The van der Waals surface area contributed by atoms with E-state index in [2.05, 4.69) is 5.29 Å². The summed E-state index contributed by atoms with van der Waals surface area (Å²) in [5, 5.41) is 14.2. The third-order valence-corrected chi connectivity index (χ3v) is 1.97. The van der Waals surface area contributed by atoms with E-state index in [1.165, 1.54) is 11.5 Å². The molecule has 0 atom stereocenters. The number of rotatable bonds is 3. The van der Waals surface area contributed by atoms with Crippen molar-refractivity contribution < 1.29 is 0 Å². The van der Waals surface area contributed by atoms with Gasteiger partial charge in [0.1, 0.15) is 6.54 Å². The van der Waals surface area contributed by atoms with Gasteiger partial charge in [0.05, 0.1) is 11.4 Å². The summed E-state index contributed by atoms with van der Waals surface area (Å²) in [7, 11) is 0. The SMILES string of the molecule is CC.N#CCN(N=O)N1CCCCC1. The monoisotopic (exact) mass is 198 g/mol. The van der Waals surface area contributed by atoms with Crippen molar-refractivity contribution in [2.24, 2.45) is 5.29 Å². The molecular weight excluding hydrogens is 180 g/mol. The van der Waals surface area contributed by atoms with Crippen molar-refractivity contribution in [2.75, 3.05) is 19.6 Å². The fraction of sp³-hybridized carbons (Fsp3) is 0.889. The Hall–Kier alpha value is -1.15. The average Bonchev–Trinajstić information content (AvgIpc) is 2.30. The van der Waals surface area contributed by atoms with Crippen LogP contribution in [0.2, 0.25) is 0 Å². The van der Waals surface area contributed by atoms with Crippen LogP contribution in [0.4, 0.5) is 0 Å². The molecule has 0 bridgehead atoms. The van der Waals surface area contributed by atoms with Gasteiger partial charge in [-0.2, -0.15) is 10.4 Å². The van der Waals surface area contributed by atoms with Gasteiger partial charge in [0.25, 0.3) is 0 Å². The zero-order valence-corrected chi connectivity index (χ0v) is 8.94. The van der Waals surface area contributed by atoms with Gasteiger partial charge < -0.3 is 0 Å². The van der Waals surface area contributed by atoms with Gasteiger partial charge in [-0.15, -0.1) is 4.91 Å². The van der Waals surface area contributed by atoms with E-state index < -0.39 is 0 Å². The second-order valence-corrected chi connectivity index (χ2v) is 2.78. The van der Waals surface area contributed by atoms with Gasteiger partial charge in [0, 0.05) is 13.1 Å². The predicted molar refractivity (Wildman–Crippen MR) is 54.9 cm³/mol. The molecule has 0 aromatic carbocycles. The lowest BCUT2D eigenvalue weighted by atomic mass is 10.2. The Kier molecular flexibility index (Phi) is 7.75. The highest BCUT2D eigenvalue weighted by Crippen LogP contribution is 2.11. The summed E-state index contributed by atoms with van der Waals surface area (Å²) in [6.07, 6.45) is 3.37. The topological polar surface area (TPSA) is 59.7 Å². The van der Waals surface area contributed by atoms with Gasteiger partial charge in [-0.1, -0.05) is 20.3 Å². The molecular formula is C9H18N4O. The lowest BCUT2D eigenvalue weighted by molar-refractivity contribution is -0.0285. The largest absolute Gasteiger partial charge is 0.201 e. The third-order valence-electron chi connectivity index (χ3n) is 1.97. The predicted octanol–water partition coefficient (Wildman–Crippen LogP) is 1.92. The van der Waals surface area contributed by atoms with E-state index >= 15 is 0 Å². The van der Waals surface area contributed by atoms with E-state index in [0.717, 1.165) is 25.9 Å². The van der Waals surface area contributed by atoms with Crippen LogP contribution in [0.3, 0.4) is 0 Å². The van der Waals surface area contributed by atoms with Crippen LogP contribution in [-0.4, -0.2) is 29.8 Å². The van der Waals surface area contributed by atoms with E-state index in [4.69, 9.17) is 5.26 Å². The van der Waals surface area contributed by atoms with Crippen LogP contribution in [0.1, 0.15) is 33.1 Å². The number of nitrogens with zero attached hydrogens (tertiary/aromatic N) is 4. The Labute approximate surface area is 85.2 Å². The summed E-state index contributed by atoms with van der Waals surface area (Å²) in [6.45, 7) is 5.74. The van der Waals surface area contributed by atoms with Gasteiger partial charge in [-0.25, -0.2) is 5.01 Å². The van der Waals surface area contributed by atoms with Crippen molar-refractivity contribution >= 4 is 0 Å². The molecule has 80 valence electrons. The highest BCUT2D eigenvalue weighted by molar-refractivity contribution is 4.74. The molecule has 14 heavy (non-hydrogen) atoms.